The Bertz CT molecular complexity index is 528. The minimum absolute atomic E-state index is 0.0373. The number of rotatable bonds is 4. The molecule has 1 aliphatic carbocycles. The molecule has 0 spiro atoms. The van der Waals surface area contributed by atoms with Gasteiger partial charge in [0.1, 0.15) is 5.75 Å². The Morgan fingerprint density at radius 1 is 1.30 bits per heavy atom. The number of amides is 2. The van der Waals surface area contributed by atoms with Crippen molar-refractivity contribution in [2.45, 2.75) is 27.2 Å². The Morgan fingerprint density at radius 2 is 2.00 bits per heavy atom. The van der Waals surface area contributed by atoms with Crippen LogP contribution in [0.2, 0.25) is 0 Å². The number of benzene rings is 1. The molecule has 0 saturated heterocycles. The zero-order valence-electron chi connectivity index (χ0n) is 12.0. The maximum Gasteiger partial charge on any atom is 0.276 e. The van der Waals surface area contributed by atoms with Crippen LogP contribution < -0.4 is 15.6 Å². The molecular formula is C15H20N2O3. The van der Waals surface area contributed by atoms with Crippen LogP contribution in [0.1, 0.15) is 24.5 Å². The molecule has 2 N–H and O–H groups in total. The first-order valence-corrected chi connectivity index (χ1v) is 6.76. The molecule has 0 radical (unpaired) electrons. The first-order chi connectivity index (χ1) is 9.47. The maximum atomic E-state index is 11.6. The van der Waals surface area contributed by atoms with E-state index in [9.17, 15) is 9.59 Å². The fourth-order valence-corrected chi connectivity index (χ4v) is 1.95. The van der Waals surface area contributed by atoms with Gasteiger partial charge in [0, 0.05) is 5.92 Å². The third kappa shape index (κ3) is 3.73. The molecule has 1 aromatic carbocycles. The summed E-state index contributed by atoms with van der Waals surface area (Å²) in [5.74, 6) is 0.640. The number of hydrogen-bond acceptors (Lipinski definition) is 3. The zero-order valence-corrected chi connectivity index (χ0v) is 12.0. The van der Waals surface area contributed by atoms with E-state index < -0.39 is 0 Å². The summed E-state index contributed by atoms with van der Waals surface area (Å²) in [4.78, 5) is 23.1. The Morgan fingerprint density at radius 3 is 2.65 bits per heavy atom. The Kier molecular flexibility index (Phi) is 4.27. The predicted octanol–water partition coefficient (Wildman–Crippen LogP) is 1.49. The molecule has 2 unspecified atom stereocenters. The highest BCUT2D eigenvalue weighted by Crippen LogP contribution is 2.37. The van der Waals surface area contributed by atoms with Crippen LogP contribution in [-0.2, 0) is 9.59 Å². The van der Waals surface area contributed by atoms with Crippen LogP contribution in [0.4, 0.5) is 0 Å². The molecule has 0 bridgehead atoms. The van der Waals surface area contributed by atoms with Gasteiger partial charge in [0.15, 0.2) is 6.61 Å². The molecule has 5 nitrogen and oxygen atoms in total. The Balaban J connectivity index is 1.74. The van der Waals surface area contributed by atoms with E-state index in [2.05, 4.69) is 10.9 Å². The van der Waals surface area contributed by atoms with E-state index in [1.807, 2.05) is 39.0 Å². The van der Waals surface area contributed by atoms with Crippen molar-refractivity contribution in [1.29, 1.82) is 0 Å². The third-order valence-electron chi connectivity index (χ3n) is 3.47. The molecule has 1 aliphatic rings. The van der Waals surface area contributed by atoms with Crippen molar-refractivity contribution in [1.82, 2.24) is 10.9 Å². The van der Waals surface area contributed by atoms with Crippen molar-refractivity contribution in [3.05, 3.63) is 29.3 Å². The van der Waals surface area contributed by atoms with E-state index in [1.54, 1.807) is 0 Å². The van der Waals surface area contributed by atoms with Crippen molar-refractivity contribution < 1.29 is 14.3 Å². The smallest absolute Gasteiger partial charge is 0.276 e. The van der Waals surface area contributed by atoms with Crippen LogP contribution >= 0.6 is 0 Å². The minimum Gasteiger partial charge on any atom is -0.483 e. The first-order valence-electron chi connectivity index (χ1n) is 6.76. The van der Waals surface area contributed by atoms with Crippen molar-refractivity contribution in [2.75, 3.05) is 6.61 Å². The molecule has 1 saturated carbocycles. The molecule has 0 heterocycles. The molecule has 2 rings (SSSR count). The molecule has 20 heavy (non-hydrogen) atoms. The normalized spacial score (nSPS) is 20.1. The standard InChI is InChI=1S/C15H20N2O3/c1-9-4-5-10(2)13(6-9)20-8-14(18)16-17-15(19)12-7-11(12)3/h4-6,11-12H,7-8H2,1-3H3,(H,16,18)(H,17,19). The average molecular weight is 276 g/mol. The highest BCUT2D eigenvalue weighted by atomic mass is 16.5. The van der Waals surface area contributed by atoms with Crippen molar-refractivity contribution in [3.8, 4) is 5.75 Å². The number of carbonyl (C=O) groups is 2. The van der Waals surface area contributed by atoms with Gasteiger partial charge in [-0.25, -0.2) is 0 Å². The molecule has 5 heteroatoms. The summed E-state index contributed by atoms with van der Waals surface area (Å²) >= 11 is 0. The average Bonchev–Trinajstić information content (AvgIpc) is 3.14. The van der Waals surface area contributed by atoms with Crippen LogP contribution in [0.5, 0.6) is 5.75 Å². The Hall–Kier alpha value is -2.04. The lowest BCUT2D eigenvalue weighted by Crippen LogP contribution is -2.44. The molecule has 2 atom stereocenters. The van der Waals surface area contributed by atoms with Crippen LogP contribution in [0.15, 0.2) is 18.2 Å². The predicted molar refractivity (Wildman–Crippen MR) is 75.0 cm³/mol. The Labute approximate surface area is 118 Å². The molecule has 1 fully saturated rings. The summed E-state index contributed by atoms with van der Waals surface area (Å²) in [6.07, 6.45) is 0.890. The van der Waals surface area contributed by atoms with Gasteiger partial charge in [-0.05, 0) is 43.4 Å². The second-order valence-corrected chi connectivity index (χ2v) is 5.41. The van der Waals surface area contributed by atoms with Crippen molar-refractivity contribution in [2.24, 2.45) is 11.8 Å². The largest absolute Gasteiger partial charge is 0.483 e. The number of hydrogen-bond donors (Lipinski definition) is 2. The van der Waals surface area contributed by atoms with E-state index in [4.69, 9.17) is 4.74 Å². The fraction of sp³-hybridized carbons (Fsp3) is 0.467. The number of ether oxygens (including phenoxy) is 1. The van der Waals surface area contributed by atoms with Gasteiger partial charge in [0.05, 0.1) is 0 Å². The maximum absolute atomic E-state index is 11.6. The van der Waals surface area contributed by atoms with Gasteiger partial charge >= 0.3 is 0 Å². The van der Waals surface area contributed by atoms with E-state index in [0.717, 1.165) is 17.5 Å². The van der Waals surface area contributed by atoms with Crippen LogP contribution in [0, 0.1) is 25.7 Å². The summed E-state index contributed by atoms with van der Waals surface area (Å²) in [5, 5.41) is 0. The first kappa shape index (κ1) is 14.4. The summed E-state index contributed by atoms with van der Waals surface area (Å²) in [6, 6.07) is 5.81. The summed E-state index contributed by atoms with van der Waals surface area (Å²) < 4.78 is 5.45. The van der Waals surface area contributed by atoms with E-state index in [-0.39, 0.29) is 24.3 Å². The van der Waals surface area contributed by atoms with Crippen molar-refractivity contribution >= 4 is 11.8 Å². The second kappa shape index (κ2) is 5.94. The van der Waals surface area contributed by atoms with E-state index >= 15 is 0 Å². The molecule has 2 amide bonds. The molecule has 108 valence electrons. The van der Waals surface area contributed by atoms with Crippen LogP contribution in [0.3, 0.4) is 0 Å². The zero-order chi connectivity index (χ0) is 14.7. The topological polar surface area (TPSA) is 67.4 Å². The SMILES string of the molecule is Cc1ccc(C)c(OCC(=O)NNC(=O)C2CC2C)c1. The van der Waals surface area contributed by atoms with E-state index in [1.165, 1.54) is 0 Å². The molecule has 0 aromatic heterocycles. The lowest BCUT2D eigenvalue weighted by Gasteiger charge is -2.10. The fourth-order valence-electron chi connectivity index (χ4n) is 1.95. The van der Waals surface area contributed by atoms with Crippen LogP contribution in [0.25, 0.3) is 0 Å². The molecule has 0 aliphatic heterocycles. The van der Waals surface area contributed by atoms with Gasteiger partial charge < -0.3 is 4.74 Å². The quantitative estimate of drug-likeness (QED) is 0.819. The highest BCUT2D eigenvalue weighted by molar-refractivity contribution is 5.85. The van der Waals surface area contributed by atoms with Crippen molar-refractivity contribution in [3.63, 3.8) is 0 Å². The summed E-state index contributed by atoms with van der Waals surface area (Å²) in [5.41, 5.74) is 6.83. The minimum atomic E-state index is -0.368. The van der Waals surface area contributed by atoms with Crippen LogP contribution in [-0.4, -0.2) is 18.4 Å². The number of aryl methyl sites for hydroxylation is 2. The summed E-state index contributed by atoms with van der Waals surface area (Å²) in [7, 11) is 0. The number of nitrogens with one attached hydrogen (secondary N) is 2. The second-order valence-electron chi connectivity index (χ2n) is 5.41. The lowest BCUT2D eigenvalue weighted by molar-refractivity contribution is -0.130. The molecule has 1 aromatic rings. The van der Waals surface area contributed by atoms with Gasteiger partial charge in [0.2, 0.25) is 5.91 Å². The van der Waals surface area contributed by atoms with Gasteiger partial charge in [0.25, 0.3) is 5.91 Å². The lowest BCUT2D eigenvalue weighted by atomic mass is 10.1. The van der Waals surface area contributed by atoms with Gasteiger partial charge in [-0.15, -0.1) is 0 Å². The highest BCUT2D eigenvalue weighted by Gasteiger charge is 2.39. The van der Waals surface area contributed by atoms with E-state index in [0.29, 0.717) is 11.7 Å². The van der Waals surface area contributed by atoms with Gasteiger partial charge in [-0.1, -0.05) is 19.1 Å². The molecular weight excluding hydrogens is 256 g/mol. The monoisotopic (exact) mass is 276 g/mol. The van der Waals surface area contributed by atoms with Gasteiger partial charge in [-0.2, -0.15) is 0 Å². The number of hydrazine groups is 1. The third-order valence-corrected chi connectivity index (χ3v) is 3.47. The number of carbonyl (C=O) groups excluding carboxylic acids is 2. The van der Waals surface area contributed by atoms with Gasteiger partial charge in [-0.3, -0.25) is 20.4 Å². The summed E-state index contributed by atoms with van der Waals surface area (Å²) in [6.45, 7) is 5.77.